The van der Waals surface area contributed by atoms with Gasteiger partial charge < -0.3 is 5.32 Å². The second-order valence-electron chi connectivity index (χ2n) is 4.07. The average molecular weight is 241 g/mol. The summed E-state index contributed by atoms with van der Waals surface area (Å²) in [6, 6.07) is 5.31. The summed E-state index contributed by atoms with van der Waals surface area (Å²) in [6.45, 7) is 8.02. The molecule has 0 spiro atoms. The van der Waals surface area contributed by atoms with Gasteiger partial charge in [-0.3, -0.25) is 0 Å². The molecule has 0 aliphatic carbocycles. The smallest absolute Gasteiger partial charge is 0.137 e. The van der Waals surface area contributed by atoms with E-state index in [0.717, 1.165) is 30.0 Å². The Morgan fingerprint density at radius 3 is 2.75 bits per heavy atom. The minimum Gasteiger partial charge on any atom is -0.313 e. The van der Waals surface area contributed by atoms with E-state index < -0.39 is 0 Å². The van der Waals surface area contributed by atoms with Crippen molar-refractivity contribution in [1.82, 2.24) is 5.32 Å². The van der Waals surface area contributed by atoms with E-state index in [1.165, 1.54) is 6.07 Å². The molecule has 0 saturated carbocycles. The molecular weight excluding hydrogens is 221 g/mol. The molecule has 1 rings (SSSR count). The monoisotopic (exact) mass is 241 g/mol. The largest absolute Gasteiger partial charge is 0.313 e. The quantitative estimate of drug-likeness (QED) is 0.600. The molecule has 0 aliphatic rings. The molecular formula is C13H20FNS. The van der Waals surface area contributed by atoms with Crippen molar-refractivity contribution in [2.45, 2.75) is 43.9 Å². The summed E-state index contributed by atoms with van der Waals surface area (Å²) in [5.41, 5.74) is 1.06. The van der Waals surface area contributed by atoms with E-state index in [1.54, 1.807) is 17.8 Å². The van der Waals surface area contributed by atoms with E-state index in [4.69, 9.17) is 0 Å². The first kappa shape index (κ1) is 13.5. The summed E-state index contributed by atoms with van der Waals surface area (Å²) in [4.78, 5) is 0.793. The molecule has 1 aromatic rings. The Morgan fingerprint density at radius 1 is 1.38 bits per heavy atom. The van der Waals surface area contributed by atoms with Crippen LogP contribution in [0, 0.1) is 5.82 Å². The van der Waals surface area contributed by atoms with E-state index in [9.17, 15) is 4.39 Å². The topological polar surface area (TPSA) is 12.0 Å². The number of thioether (sulfide) groups is 1. The number of benzene rings is 1. The normalized spacial score (nSPS) is 11.1. The van der Waals surface area contributed by atoms with Crippen molar-refractivity contribution in [3.63, 3.8) is 0 Å². The number of halogens is 1. The Bertz CT molecular complexity index is 326. The van der Waals surface area contributed by atoms with Crippen molar-refractivity contribution < 1.29 is 4.39 Å². The molecule has 0 aliphatic heterocycles. The first-order valence-electron chi connectivity index (χ1n) is 5.80. The lowest BCUT2D eigenvalue weighted by Crippen LogP contribution is -2.14. The maximum absolute atomic E-state index is 13.7. The molecule has 16 heavy (non-hydrogen) atoms. The lowest BCUT2D eigenvalue weighted by molar-refractivity contribution is 0.588. The van der Waals surface area contributed by atoms with E-state index in [-0.39, 0.29) is 5.82 Å². The van der Waals surface area contributed by atoms with Gasteiger partial charge >= 0.3 is 0 Å². The second-order valence-corrected chi connectivity index (χ2v) is 5.66. The van der Waals surface area contributed by atoms with Gasteiger partial charge in [-0.15, -0.1) is 11.8 Å². The standard InChI is InChI=1S/C13H20FNS/c1-4-8-15-9-11-6-5-7-12(14)13(11)16-10(2)3/h5-7,10,15H,4,8-9H2,1-3H3. The van der Waals surface area contributed by atoms with Gasteiger partial charge in [0.1, 0.15) is 5.82 Å². The summed E-state index contributed by atoms with van der Waals surface area (Å²) in [5.74, 6) is -0.102. The number of nitrogens with one attached hydrogen (secondary N) is 1. The summed E-state index contributed by atoms with van der Waals surface area (Å²) in [5, 5.41) is 3.72. The van der Waals surface area contributed by atoms with Gasteiger partial charge in [-0.05, 0) is 24.6 Å². The molecule has 0 unspecified atom stereocenters. The first-order valence-corrected chi connectivity index (χ1v) is 6.67. The van der Waals surface area contributed by atoms with Crippen molar-refractivity contribution >= 4 is 11.8 Å². The molecule has 90 valence electrons. The van der Waals surface area contributed by atoms with Crippen LogP contribution < -0.4 is 5.32 Å². The molecule has 3 heteroatoms. The summed E-state index contributed by atoms with van der Waals surface area (Å²) < 4.78 is 13.7. The first-order chi connectivity index (χ1) is 7.65. The molecule has 0 radical (unpaired) electrons. The SMILES string of the molecule is CCCNCc1cccc(F)c1SC(C)C. The molecule has 0 bridgehead atoms. The maximum atomic E-state index is 13.7. The Balaban J connectivity index is 2.76. The molecule has 0 amide bonds. The minimum atomic E-state index is -0.102. The molecule has 0 saturated heterocycles. The fourth-order valence-corrected chi connectivity index (χ4v) is 2.40. The lowest BCUT2D eigenvalue weighted by Gasteiger charge is -2.12. The third-order valence-corrected chi connectivity index (χ3v) is 3.31. The Kier molecular flexibility index (Phi) is 5.85. The van der Waals surface area contributed by atoms with E-state index in [0.29, 0.717) is 5.25 Å². The molecule has 1 aromatic carbocycles. The van der Waals surface area contributed by atoms with E-state index in [1.807, 2.05) is 6.07 Å². The molecule has 0 atom stereocenters. The van der Waals surface area contributed by atoms with Crippen LogP contribution in [-0.2, 0) is 6.54 Å². The van der Waals surface area contributed by atoms with Crippen LogP contribution in [0.15, 0.2) is 23.1 Å². The van der Waals surface area contributed by atoms with Gasteiger partial charge in [0, 0.05) is 16.7 Å². The fraction of sp³-hybridized carbons (Fsp3) is 0.538. The third-order valence-electron chi connectivity index (χ3n) is 2.14. The molecule has 1 nitrogen and oxygen atoms in total. The van der Waals surface area contributed by atoms with Gasteiger partial charge in [-0.25, -0.2) is 4.39 Å². The van der Waals surface area contributed by atoms with Gasteiger partial charge in [0.15, 0.2) is 0 Å². The van der Waals surface area contributed by atoms with Crippen molar-refractivity contribution in [2.24, 2.45) is 0 Å². The van der Waals surface area contributed by atoms with Crippen LogP contribution >= 0.6 is 11.8 Å². The van der Waals surface area contributed by atoms with Crippen LogP contribution in [0.25, 0.3) is 0 Å². The highest BCUT2D eigenvalue weighted by Gasteiger charge is 2.10. The summed E-state index contributed by atoms with van der Waals surface area (Å²) >= 11 is 1.59. The summed E-state index contributed by atoms with van der Waals surface area (Å²) in [7, 11) is 0. The highest BCUT2D eigenvalue weighted by Crippen LogP contribution is 2.29. The van der Waals surface area contributed by atoms with Gasteiger partial charge in [0.25, 0.3) is 0 Å². The zero-order valence-corrected chi connectivity index (χ0v) is 11.0. The predicted octanol–water partition coefficient (Wildman–Crippen LogP) is 3.83. The van der Waals surface area contributed by atoms with Crippen molar-refractivity contribution in [1.29, 1.82) is 0 Å². The zero-order valence-electron chi connectivity index (χ0n) is 10.2. The Morgan fingerprint density at radius 2 is 2.12 bits per heavy atom. The Hall–Kier alpha value is -0.540. The van der Waals surface area contributed by atoms with Crippen LogP contribution in [0.1, 0.15) is 32.8 Å². The van der Waals surface area contributed by atoms with E-state index in [2.05, 4.69) is 26.1 Å². The van der Waals surface area contributed by atoms with Gasteiger partial charge in [-0.2, -0.15) is 0 Å². The number of hydrogen-bond donors (Lipinski definition) is 1. The van der Waals surface area contributed by atoms with Gasteiger partial charge in [0.2, 0.25) is 0 Å². The zero-order chi connectivity index (χ0) is 12.0. The van der Waals surface area contributed by atoms with Crippen LogP contribution in [-0.4, -0.2) is 11.8 Å². The van der Waals surface area contributed by atoms with Gasteiger partial charge in [-0.1, -0.05) is 32.9 Å². The minimum absolute atomic E-state index is 0.102. The molecule has 0 heterocycles. The number of hydrogen-bond acceptors (Lipinski definition) is 2. The van der Waals surface area contributed by atoms with Crippen LogP contribution in [0.3, 0.4) is 0 Å². The van der Waals surface area contributed by atoms with Crippen LogP contribution in [0.4, 0.5) is 4.39 Å². The second kappa shape index (κ2) is 6.92. The summed E-state index contributed by atoms with van der Waals surface area (Å²) in [6.07, 6.45) is 1.10. The molecule has 1 N–H and O–H groups in total. The highest BCUT2D eigenvalue weighted by atomic mass is 32.2. The highest BCUT2D eigenvalue weighted by molar-refractivity contribution is 8.00. The van der Waals surface area contributed by atoms with Crippen molar-refractivity contribution in [2.75, 3.05) is 6.54 Å². The maximum Gasteiger partial charge on any atom is 0.137 e. The lowest BCUT2D eigenvalue weighted by atomic mass is 10.2. The number of rotatable bonds is 6. The fourth-order valence-electron chi connectivity index (χ4n) is 1.46. The Labute approximate surface area is 102 Å². The third kappa shape index (κ3) is 4.14. The van der Waals surface area contributed by atoms with Gasteiger partial charge in [0.05, 0.1) is 0 Å². The van der Waals surface area contributed by atoms with Crippen molar-refractivity contribution in [3.8, 4) is 0 Å². The van der Waals surface area contributed by atoms with E-state index >= 15 is 0 Å². The molecule has 0 fully saturated rings. The van der Waals surface area contributed by atoms with Crippen LogP contribution in [0.2, 0.25) is 0 Å². The molecule has 0 aromatic heterocycles. The predicted molar refractivity (Wildman–Crippen MR) is 69.4 cm³/mol. The van der Waals surface area contributed by atoms with Crippen molar-refractivity contribution in [3.05, 3.63) is 29.6 Å². The van der Waals surface area contributed by atoms with Crippen LogP contribution in [0.5, 0.6) is 0 Å². The average Bonchev–Trinajstić information content (AvgIpc) is 2.23.